The second-order valence-corrected chi connectivity index (χ2v) is 5.67. The Morgan fingerprint density at radius 2 is 2.00 bits per heavy atom. The zero-order valence-electron chi connectivity index (χ0n) is 11.1. The second kappa shape index (κ2) is 5.83. The number of imidazole rings is 1. The molecule has 20 heavy (non-hydrogen) atoms. The highest BCUT2D eigenvalue weighted by molar-refractivity contribution is 6.30. The number of aromatic nitrogens is 2. The number of rotatable bonds is 3. The zero-order valence-corrected chi connectivity index (χ0v) is 11.9. The van der Waals surface area contributed by atoms with Crippen molar-refractivity contribution in [3.05, 3.63) is 41.4 Å². The van der Waals surface area contributed by atoms with Gasteiger partial charge < -0.3 is 9.88 Å². The lowest BCUT2D eigenvalue weighted by Gasteiger charge is -2.24. The van der Waals surface area contributed by atoms with E-state index in [0.29, 0.717) is 16.8 Å². The molecule has 0 atom stereocenters. The number of anilines is 2. The van der Waals surface area contributed by atoms with E-state index in [4.69, 9.17) is 11.6 Å². The average Bonchev–Trinajstić information content (AvgIpc) is 2.86. The number of hydrogen-bond donors (Lipinski definition) is 1. The Kier molecular flexibility index (Phi) is 3.92. The van der Waals surface area contributed by atoms with E-state index >= 15 is 0 Å². The molecule has 1 heterocycles. The van der Waals surface area contributed by atoms with Crippen molar-refractivity contribution in [3.63, 3.8) is 0 Å². The Morgan fingerprint density at radius 3 is 2.75 bits per heavy atom. The van der Waals surface area contributed by atoms with Crippen LogP contribution in [0.25, 0.3) is 0 Å². The Bertz CT molecular complexity index is 570. The van der Waals surface area contributed by atoms with Gasteiger partial charge in [-0.2, -0.15) is 0 Å². The van der Waals surface area contributed by atoms with Crippen LogP contribution in [0.1, 0.15) is 38.1 Å². The molecule has 1 aromatic heterocycles. The lowest BCUT2D eigenvalue weighted by molar-refractivity contribution is 0.356. The minimum atomic E-state index is -0.351. The van der Waals surface area contributed by atoms with Crippen LogP contribution in [-0.2, 0) is 0 Å². The predicted molar refractivity (Wildman–Crippen MR) is 79.0 cm³/mol. The van der Waals surface area contributed by atoms with Gasteiger partial charge in [-0.05, 0) is 31.0 Å². The molecule has 2 aromatic rings. The average molecular weight is 294 g/mol. The summed E-state index contributed by atoms with van der Waals surface area (Å²) >= 11 is 5.87. The van der Waals surface area contributed by atoms with Crippen LogP contribution in [0.5, 0.6) is 0 Å². The lowest BCUT2D eigenvalue weighted by atomic mass is 9.95. The highest BCUT2D eigenvalue weighted by Gasteiger charge is 2.17. The molecular weight excluding hydrogens is 277 g/mol. The van der Waals surface area contributed by atoms with Gasteiger partial charge in [0.15, 0.2) is 0 Å². The molecular formula is C15H17ClFN3. The third kappa shape index (κ3) is 2.96. The molecule has 0 spiro atoms. The Morgan fingerprint density at radius 1 is 1.20 bits per heavy atom. The zero-order chi connectivity index (χ0) is 13.9. The van der Waals surface area contributed by atoms with Crippen LogP contribution in [0, 0.1) is 5.82 Å². The summed E-state index contributed by atoms with van der Waals surface area (Å²) in [7, 11) is 0. The van der Waals surface area contributed by atoms with Crippen molar-refractivity contribution in [2.45, 2.75) is 38.1 Å². The maximum absolute atomic E-state index is 13.4. The van der Waals surface area contributed by atoms with Crippen molar-refractivity contribution in [2.24, 2.45) is 0 Å². The molecule has 0 aliphatic heterocycles. The number of halogens is 2. The summed E-state index contributed by atoms with van der Waals surface area (Å²) in [6.07, 6.45) is 9.94. The number of nitrogens with zero attached hydrogens (tertiary/aromatic N) is 2. The van der Waals surface area contributed by atoms with Crippen LogP contribution in [0.3, 0.4) is 0 Å². The van der Waals surface area contributed by atoms with Crippen molar-refractivity contribution in [3.8, 4) is 0 Å². The molecule has 5 heteroatoms. The van der Waals surface area contributed by atoms with Gasteiger partial charge in [-0.15, -0.1) is 0 Å². The Labute approximate surface area is 122 Å². The van der Waals surface area contributed by atoms with Crippen molar-refractivity contribution in [1.29, 1.82) is 0 Å². The van der Waals surface area contributed by atoms with Gasteiger partial charge in [-0.1, -0.05) is 30.9 Å². The van der Waals surface area contributed by atoms with Gasteiger partial charge >= 0.3 is 0 Å². The van der Waals surface area contributed by atoms with Crippen LogP contribution >= 0.6 is 11.6 Å². The molecule has 0 saturated heterocycles. The van der Waals surface area contributed by atoms with Gasteiger partial charge in [0.2, 0.25) is 5.95 Å². The van der Waals surface area contributed by atoms with Crippen LogP contribution in [0.4, 0.5) is 16.0 Å². The van der Waals surface area contributed by atoms with E-state index in [-0.39, 0.29) is 5.82 Å². The largest absolute Gasteiger partial charge is 0.325 e. The number of hydrogen-bond acceptors (Lipinski definition) is 2. The third-order valence-electron chi connectivity index (χ3n) is 3.76. The van der Waals surface area contributed by atoms with Gasteiger partial charge in [0.05, 0.1) is 0 Å². The fraction of sp³-hybridized carbons (Fsp3) is 0.400. The van der Waals surface area contributed by atoms with E-state index in [0.717, 1.165) is 5.95 Å². The molecule has 1 fully saturated rings. The molecule has 1 saturated carbocycles. The fourth-order valence-corrected chi connectivity index (χ4v) is 3.04. The van der Waals surface area contributed by atoms with Crippen molar-refractivity contribution >= 4 is 23.2 Å². The molecule has 0 unspecified atom stereocenters. The molecule has 1 aliphatic rings. The molecule has 1 aromatic carbocycles. The van der Waals surface area contributed by atoms with Gasteiger partial charge in [0, 0.05) is 29.1 Å². The van der Waals surface area contributed by atoms with Crippen molar-refractivity contribution in [2.75, 3.05) is 5.32 Å². The summed E-state index contributed by atoms with van der Waals surface area (Å²) < 4.78 is 15.5. The summed E-state index contributed by atoms with van der Waals surface area (Å²) in [6, 6.07) is 4.90. The fourth-order valence-electron chi connectivity index (χ4n) is 2.82. The molecule has 106 valence electrons. The lowest BCUT2D eigenvalue weighted by Crippen LogP contribution is -2.14. The Balaban J connectivity index is 1.82. The van der Waals surface area contributed by atoms with E-state index in [1.54, 1.807) is 12.3 Å². The summed E-state index contributed by atoms with van der Waals surface area (Å²) in [5.41, 5.74) is 0.623. The predicted octanol–water partition coefficient (Wildman–Crippen LogP) is 4.92. The van der Waals surface area contributed by atoms with Gasteiger partial charge in [0.25, 0.3) is 0 Å². The molecule has 3 nitrogen and oxygen atoms in total. The van der Waals surface area contributed by atoms with Crippen LogP contribution in [-0.4, -0.2) is 9.55 Å². The highest BCUT2D eigenvalue weighted by Crippen LogP contribution is 2.31. The quantitative estimate of drug-likeness (QED) is 0.870. The molecule has 0 bridgehead atoms. The maximum Gasteiger partial charge on any atom is 0.207 e. The third-order valence-corrected chi connectivity index (χ3v) is 3.97. The van der Waals surface area contributed by atoms with Crippen LogP contribution in [0.2, 0.25) is 5.02 Å². The first-order chi connectivity index (χ1) is 9.72. The van der Waals surface area contributed by atoms with Crippen molar-refractivity contribution < 1.29 is 4.39 Å². The van der Waals surface area contributed by atoms with E-state index in [2.05, 4.69) is 14.9 Å². The first-order valence-corrected chi connectivity index (χ1v) is 7.36. The van der Waals surface area contributed by atoms with Crippen LogP contribution < -0.4 is 5.32 Å². The molecule has 1 N–H and O–H groups in total. The minimum Gasteiger partial charge on any atom is -0.325 e. The number of benzene rings is 1. The van der Waals surface area contributed by atoms with E-state index in [1.165, 1.54) is 44.2 Å². The highest BCUT2D eigenvalue weighted by atomic mass is 35.5. The van der Waals surface area contributed by atoms with Gasteiger partial charge in [-0.25, -0.2) is 9.37 Å². The summed E-state index contributed by atoms with van der Waals surface area (Å²) in [4.78, 5) is 4.33. The minimum absolute atomic E-state index is 0.351. The Hall–Kier alpha value is -1.55. The van der Waals surface area contributed by atoms with Gasteiger partial charge in [-0.3, -0.25) is 0 Å². The molecule has 0 amide bonds. The van der Waals surface area contributed by atoms with Crippen LogP contribution in [0.15, 0.2) is 30.6 Å². The first-order valence-electron chi connectivity index (χ1n) is 6.98. The van der Waals surface area contributed by atoms with Crippen molar-refractivity contribution in [1.82, 2.24) is 9.55 Å². The SMILES string of the molecule is Fc1cc(Cl)cc(Nc2nccn2C2CCCCC2)c1. The normalized spacial score (nSPS) is 16.3. The molecule has 0 radical (unpaired) electrons. The summed E-state index contributed by atoms with van der Waals surface area (Å²) in [5.74, 6) is 0.398. The monoisotopic (exact) mass is 293 g/mol. The second-order valence-electron chi connectivity index (χ2n) is 5.23. The number of nitrogens with one attached hydrogen (secondary N) is 1. The maximum atomic E-state index is 13.4. The topological polar surface area (TPSA) is 29.9 Å². The molecule has 1 aliphatic carbocycles. The van der Waals surface area contributed by atoms with E-state index in [1.807, 2.05) is 6.20 Å². The van der Waals surface area contributed by atoms with Gasteiger partial charge in [0.1, 0.15) is 5.82 Å². The van der Waals surface area contributed by atoms with E-state index < -0.39 is 0 Å². The molecule has 3 rings (SSSR count). The summed E-state index contributed by atoms with van der Waals surface area (Å²) in [6.45, 7) is 0. The smallest absolute Gasteiger partial charge is 0.207 e. The summed E-state index contributed by atoms with van der Waals surface area (Å²) in [5, 5.41) is 3.54. The first kappa shape index (κ1) is 13.4. The van der Waals surface area contributed by atoms with E-state index in [9.17, 15) is 4.39 Å². The standard InChI is InChI=1S/C15H17ClFN3/c16-11-8-12(17)10-13(9-11)19-15-18-6-7-20(15)14-4-2-1-3-5-14/h6-10,14H,1-5H2,(H,18,19).